The quantitative estimate of drug-likeness (QED) is 0.815. The third-order valence-electron chi connectivity index (χ3n) is 3.35. The van der Waals surface area contributed by atoms with Crippen molar-refractivity contribution in [3.8, 4) is 0 Å². The molecule has 3 N–H and O–H groups in total. The summed E-state index contributed by atoms with van der Waals surface area (Å²) in [5.41, 5.74) is 7.06. The van der Waals surface area contributed by atoms with E-state index >= 15 is 0 Å². The number of rotatable bonds is 3. The Morgan fingerprint density at radius 1 is 1.53 bits per heavy atom. The Labute approximate surface area is 99.3 Å². The van der Waals surface area contributed by atoms with Crippen molar-refractivity contribution in [2.75, 3.05) is 11.9 Å². The molecule has 0 bridgehead atoms. The number of anilines is 1. The number of nitrogens with zero attached hydrogens (tertiary/aromatic N) is 4. The lowest BCUT2D eigenvalue weighted by Gasteiger charge is -2.38. The zero-order valence-electron chi connectivity index (χ0n) is 9.85. The second-order valence-electron chi connectivity index (χ2n) is 4.82. The number of hydrogen-bond acceptors (Lipinski definition) is 5. The number of fused-ring (bicyclic) bond motifs is 1. The third kappa shape index (κ3) is 1.84. The van der Waals surface area contributed by atoms with Crippen LogP contribution in [0.4, 0.5) is 5.82 Å². The van der Waals surface area contributed by atoms with Crippen molar-refractivity contribution in [2.45, 2.75) is 31.7 Å². The van der Waals surface area contributed by atoms with E-state index in [2.05, 4.69) is 20.4 Å². The lowest BCUT2D eigenvalue weighted by molar-refractivity contribution is 0.265. The summed E-state index contributed by atoms with van der Waals surface area (Å²) in [7, 11) is 0. The van der Waals surface area contributed by atoms with Crippen LogP contribution in [0.25, 0.3) is 5.78 Å². The predicted octanol–water partition coefficient (Wildman–Crippen LogP) is 0.726. The standard InChI is InChI=1S/C11H16N6/c1-8-5-9(13-6-11(12)3-2-4-11)17-10(16-8)14-7-15-17/h5,7,13H,2-4,6,12H2,1H3. The number of aromatic nitrogens is 4. The number of aryl methyl sites for hydroxylation is 1. The van der Waals surface area contributed by atoms with Crippen LogP contribution in [0.1, 0.15) is 25.0 Å². The minimum Gasteiger partial charge on any atom is -0.368 e. The normalized spacial score (nSPS) is 18.0. The largest absolute Gasteiger partial charge is 0.368 e. The fraction of sp³-hybridized carbons (Fsp3) is 0.545. The van der Waals surface area contributed by atoms with Crippen molar-refractivity contribution in [3.05, 3.63) is 18.1 Å². The van der Waals surface area contributed by atoms with Crippen molar-refractivity contribution in [3.63, 3.8) is 0 Å². The molecule has 1 aliphatic rings. The molecule has 0 amide bonds. The van der Waals surface area contributed by atoms with Crippen LogP contribution in [0.2, 0.25) is 0 Å². The van der Waals surface area contributed by atoms with Gasteiger partial charge in [0.1, 0.15) is 12.1 Å². The van der Waals surface area contributed by atoms with E-state index in [1.165, 1.54) is 12.7 Å². The lowest BCUT2D eigenvalue weighted by atomic mass is 9.78. The summed E-state index contributed by atoms with van der Waals surface area (Å²) < 4.78 is 1.70. The van der Waals surface area contributed by atoms with E-state index in [-0.39, 0.29) is 5.54 Å². The van der Waals surface area contributed by atoms with Gasteiger partial charge in [-0.15, -0.1) is 0 Å². The van der Waals surface area contributed by atoms with Crippen molar-refractivity contribution in [1.29, 1.82) is 0 Å². The molecule has 2 aromatic heterocycles. The van der Waals surface area contributed by atoms with Crippen molar-refractivity contribution < 1.29 is 0 Å². The molecule has 1 saturated carbocycles. The molecule has 3 rings (SSSR count). The zero-order chi connectivity index (χ0) is 11.9. The highest BCUT2D eigenvalue weighted by Gasteiger charge is 2.32. The van der Waals surface area contributed by atoms with Crippen LogP contribution in [0, 0.1) is 6.92 Å². The van der Waals surface area contributed by atoms with E-state index in [0.717, 1.165) is 30.9 Å². The Morgan fingerprint density at radius 3 is 3.06 bits per heavy atom. The fourth-order valence-corrected chi connectivity index (χ4v) is 2.13. The Kier molecular flexibility index (Phi) is 2.25. The first-order valence-electron chi connectivity index (χ1n) is 5.86. The summed E-state index contributed by atoms with van der Waals surface area (Å²) in [6.45, 7) is 2.72. The first-order chi connectivity index (χ1) is 8.16. The maximum absolute atomic E-state index is 6.18. The molecule has 2 heterocycles. The minimum absolute atomic E-state index is 0.0515. The average molecular weight is 232 g/mol. The summed E-state index contributed by atoms with van der Waals surface area (Å²) in [5, 5.41) is 7.50. The zero-order valence-corrected chi connectivity index (χ0v) is 9.85. The summed E-state index contributed by atoms with van der Waals surface area (Å²) in [4.78, 5) is 8.38. The predicted molar refractivity (Wildman–Crippen MR) is 64.8 cm³/mol. The fourth-order valence-electron chi connectivity index (χ4n) is 2.13. The van der Waals surface area contributed by atoms with Crippen LogP contribution < -0.4 is 11.1 Å². The molecule has 2 aromatic rings. The van der Waals surface area contributed by atoms with Gasteiger partial charge in [-0.3, -0.25) is 0 Å². The van der Waals surface area contributed by atoms with Gasteiger partial charge in [-0.2, -0.15) is 14.6 Å². The van der Waals surface area contributed by atoms with Crippen molar-refractivity contribution in [1.82, 2.24) is 19.6 Å². The SMILES string of the molecule is Cc1cc(NCC2(N)CCC2)n2ncnc2n1. The smallest absolute Gasteiger partial charge is 0.254 e. The number of nitrogens with two attached hydrogens (primary N) is 1. The highest BCUT2D eigenvalue weighted by molar-refractivity contribution is 5.45. The van der Waals surface area contributed by atoms with E-state index in [0.29, 0.717) is 5.78 Å². The first-order valence-corrected chi connectivity index (χ1v) is 5.86. The average Bonchev–Trinajstić information content (AvgIpc) is 2.71. The van der Waals surface area contributed by atoms with E-state index in [1.54, 1.807) is 4.52 Å². The molecule has 0 unspecified atom stereocenters. The summed E-state index contributed by atoms with van der Waals surface area (Å²) in [6.07, 6.45) is 4.91. The third-order valence-corrected chi connectivity index (χ3v) is 3.35. The minimum atomic E-state index is -0.0515. The molecule has 17 heavy (non-hydrogen) atoms. The van der Waals surface area contributed by atoms with Crippen LogP contribution in [0.3, 0.4) is 0 Å². The molecule has 1 aliphatic carbocycles. The molecule has 6 heteroatoms. The van der Waals surface area contributed by atoms with E-state index in [4.69, 9.17) is 5.73 Å². The summed E-state index contributed by atoms with van der Waals surface area (Å²) in [6, 6.07) is 1.96. The van der Waals surface area contributed by atoms with Crippen LogP contribution in [-0.4, -0.2) is 31.7 Å². The molecule has 6 nitrogen and oxygen atoms in total. The highest BCUT2D eigenvalue weighted by Crippen LogP contribution is 2.29. The second-order valence-corrected chi connectivity index (χ2v) is 4.82. The van der Waals surface area contributed by atoms with Gasteiger partial charge in [-0.25, -0.2) is 4.98 Å². The van der Waals surface area contributed by atoms with Crippen LogP contribution in [-0.2, 0) is 0 Å². The second kappa shape index (κ2) is 3.66. The first kappa shape index (κ1) is 10.5. The molecule has 1 fully saturated rings. The molecule has 0 radical (unpaired) electrons. The molecule has 0 aromatic carbocycles. The van der Waals surface area contributed by atoms with Crippen LogP contribution in [0.5, 0.6) is 0 Å². The van der Waals surface area contributed by atoms with Gasteiger partial charge in [0.2, 0.25) is 0 Å². The van der Waals surface area contributed by atoms with Gasteiger partial charge in [-0.05, 0) is 26.2 Å². The number of nitrogens with one attached hydrogen (secondary N) is 1. The highest BCUT2D eigenvalue weighted by atomic mass is 15.4. The van der Waals surface area contributed by atoms with Crippen molar-refractivity contribution in [2.24, 2.45) is 5.73 Å². The maximum atomic E-state index is 6.18. The van der Waals surface area contributed by atoms with Gasteiger partial charge in [0.05, 0.1) is 0 Å². The van der Waals surface area contributed by atoms with Gasteiger partial charge < -0.3 is 11.1 Å². The van der Waals surface area contributed by atoms with Crippen molar-refractivity contribution >= 4 is 11.6 Å². The molecule has 0 spiro atoms. The Balaban J connectivity index is 1.86. The topological polar surface area (TPSA) is 81.1 Å². The molecule has 90 valence electrons. The van der Waals surface area contributed by atoms with Gasteiger partial charge in [0, 0.05) is 23.8 Å². The maximum Gasteiger partial charge on any atom is 0.254 e. The van der Waals surface area contributed by atoms with E-state index in [9.17, 15) is 0 Å². The Bertz CT molecular complexity index is 542. The molecule has 0 saturated heterocycles. The monoisotopic (exact) mass is 232 g/mol. The lowest BCUT2D eigenvalue weighted by Crippen LogP contribution is -2.52. The number of hydrogen-bond donors (Lipinski definition) is 2. The summed E-state index contributed by atoms with van der Waals surface area (Å²) >= 11 is 0. The van der Waals surface area contributed by atoms with Gasteiger partial charge >= 0.3 is 0 Å². The molecule has 0 atom stereocenters. The van der Waals surface area contributed by atoms with Crippen LogP contribution >= 0.6 is 0 Å². The van der Waals surface area contributed by atoms with E-state index in [1.807, 2.05) is 13.0 Å². The van der Waals surface area contributed by atoms with Gasteiger partial charge in [-0.1, -0.05) is 0 Å². The Hall–Kier alpha value is -1.69. The van der Waals surface area contributed by atoms with Crippen LogP contribution in [0.15, 0.2) is 12.4 Å². The summed E-state index contributed by atoms with van der Waals surface area (Å²) in [5.74, 6) is 1.52. The molecular formula is C11H16N6. The van der Waals surface area contributed by atoms with E-state index < -0.39 is 0 Å². The Morgan fingerprint density at radius 2 is 2.35 bits per heavy atom. The van der Waals surface area contributed by atoms with Gasteiger partial charge in [0.25, 0.3) is 5.78 Å². The molecule has 0 aliphatic heterocycles. The molecular weight excluding hydrogens is 216 g/mol. The van der Waals surface area contributed by atoms with Gasteiger partial charge in [0.15, 0.2) is 0 Å².